The second-order valence-electron chi connectivity index (χ2n) is 7.59. The number of para-hydroxylation sites is 3. The number of carbonyl (C=O) groups excluding carboxylic acids is 2. The van der Waals surface area contributed by atoms with Crippen molar-refractivity contribution in [2.24, 2.45) is 0 Å². The summed E-state index contributed by atoms with van der Waals surface area (Å²) in [5, 5.41) is 3.34. The van der Waals surface area contributed by atoms with E-state index in [0.29, 0.717) is 23.7 Å². The van der Waals surface area contributed by atoms with Crippen molar-refractivity contribution in [3.05, 3.63) is 59.4 Å². The van der Waals surface area contributed by atoms with Crippen LogP contribution in [-0.4, -0.2) is 39.0 Å². The fourth-order valence-electron chi connectivity index (χ4n) is 4.19. The van der Waals surface area contributed by atoms with Crippen LogP contribution in [0.2, 0.25) is 5.02 Å². The van der Waals surface area contributed by atoms with Crippen molar-refractivity contribution in [2.75, 3.05) is 11.9 Å². The lowest BCUT2D eigenvalue weighted by Gasteiger charge is -2.33. The molecule has 1 aliphatic heterocycles. The van der Waals surface area contributed by atoms with E-state index in [2.05, 4.69) is 15.3 Å². The summed E-state index contributed by atoms with van der Waals surface area (Å²) in [6.45, 7) is 2.48. The van der Waals surface area contributed by atoms with Gasteiger partial charge in [0, 0.05) is 19.3 Å². The number of nitrogens with zero attached hydrogens (tertiary/aromatic N) is 2. The second-order valence-corrected chi connectivity index (χ2v) is 8.00. The molecule has 2 atom stereocenters. The maximum atomic E-state index is 13.3. The smallest absolute Gasteiger partial charge is 0.342 e. The Morgan fingerprint density at radius 3 is 2.69 bits per heavy atom. The third-order valence-corrected chi connectivity index (χ3v) is 6.15. The van der Waals surface area contributed by atoms with Gasteiger partial charge < -0.3 is 4.98 Å². The third kappa shape index (κ3) is 3.66. The molecular formula is C22H24ClN4O2+. The van der Waals surface area contributed by atoms with E-state index in [4.69, 9.17) is 11.6 Å². The van der Waals surface area contributed by atoms with Crippen molar-refractivity contribution in [3.63, 3.8) is 0 Å². The minimum Gasteiger partial charge on any atom is -0.342 e. The highest BCUT2D eigenvalue weighted by Crippen LogP contribution is 2.31. The second kappa shape index (κ2) is 7.97. The minimum absolute atomic E-state index is 0.0688. The summed E-state index contributed by atoms with van der Waals surface area (Å²) < 4.78 is -0.189. The molecule has 0 spiro atoms. The first-order chi connectivity index (χ1) is 14.0. The van der Waals surface area contributed by atoms with E-state index < -0.39 is 0 Å². The normalized spacial score (nSPS) is 21.4. The average molecular weight is 412 g/mol. The third-order valence-electron chi connectivity index (χ3n) is 5.82. The first kappa shape index (κ1) is 19.6. The van der Waals surface area contributed by atoms with Crippen molar-refractivity contribution in [1.82, 2.24) is 9.97 Å². The maximum absolute atomic E-state index is 13.3. The van der Waals surface area contributed by atoms with Crippen LogP contribution in [0.4, 0.5) is 10.5 Å². The molecular weight excluding hydrogens is 388 g/mol. The van der Waals surface area contributed by atoms with Crippen molar-refractivity contribution in [1.29, 1.82) is 0 Å². The molecule has 3 aromatic rings. The van der Waals surface area contributed by atoms with E-state index in [1.807, 2.05) is 37.3 Å². The summed E-state index contributed by atoms with van der Waals surface area (Å²) >= 11 is 6.20. The molecule has 1 saturated heterocycles. The molecule has 1 aromatic heterocycles. The van der Waals surface area contributed by atoms with Crippen LogP contribution in [0.25, 0.3) is 11.0 Å². The Morgan fingerprint density at radius 2 is 1.97 bits per heavy atom. The molecule has 2 heterocycles. The van der Waals surface area contributed by atoms with Crippen LogP contribution in [0.5, 0.6) is 0 Å². The Morgan fingerprint density at radius 1 is 1.21 bits per heavy atom. The summed E-state index contributed by atoms with van der Waals surface area (Å²) in [4.78, 5) is 34.4. The molecule has 4 rings (SSSR count). The number of urea groups is 1. The molecule has 1 aliphatic rings. The summed E-state index contributed by atoms with van der Waals surface area (Å²) in [6, 6.07) is 14.5. The number of benzene rings is 2. The molecule has 0 radical (unpaired) electrons. The monoisotopic (exact) mass is 411 g/mol. The van der Waals surface area contributed by atoms with Gasteiger partial charge in [-0.05, 0) is 31.2 Å². The van der Waals surface area contributed by atoms with Gasteiger partial charge in [0.15, 0.2) is 0 Å². The number of aryl methyl sites for hydroxylation is 1. The Hall–Kier alpha value is -2.70. The number of imide groups is 1. The number of rotatable bonds is 4. The summed E-state index contributed by atoms with van der Waals surface area (Å²) in [5.41, 5.74) is 2.36. The lowest BCUT2D eigenvalue weighted by Crippen LogP contribution is -2.60. The largest absolute Gasteiger partial charge is 0.428 e. The standard InChI is InChI=1S/C22H23ClN4O2/c1-15-7-6-14-27(15,22(29)26-17-9-3-2-8-16(17)23)21(28)13-12-20-24-18-10-4-5-11-19(18)25-20/h2-5,8-11,15H,6-7,12-14H2,1H3,(H-,24,25,26,29)/p+1/t15-,27?/m1/s1. The highest BCUT2D eigenvalue weighted by atomic mass is 35.5. The van der Waals surface area contributed by atoms with Crippen molar-refractivity contribution in [2.45, 2.75) is 38.6 Å². The molecule has 3 amide bonds. The van der Waals surface area contributed by atoms with Crippen LogP contribution in [0.3, 0.4) is 0 Å². The van der Waals surface area contributed by atoms with Gasteiger partial charge in [0.1, 0.15) is 11.9 Å². The molecule has 2 aromatic carbocycles. The first-order valence-electron chi connectivity index (χ1n) is 9.91. The number of anilines is 1. The predicted octanol–water partition coefficient (Wildman–Crippen LogP) is 4.91. The summed E-state index contributed by atoms with van der Waals surface area (Å²) in [5.74, 6) is 0.677. The number of imidazole rings is 1. The number of fused-ring (bicyclic) bond motifs is 1. The molecule has 7 heteroatoms. The van der Waals surface area contributed by atoms with E-state index in [1.54, 1.807) is 18.2 Å². The van der Waals surface area contributed by atoms with Crippen molar-refractivity contribution < 1.29 is 14.1 Å². The van der Waals surface area contributed by atoms with Gasteiger partial charge in [-0.3, -0.25) is 5.32 Å². The number of amides is 3. The lowest BCUT2D eigenvalue weighted by atomic mass is 10.2. The van der Waals surface area contributed by atoms with E-state index in [1.165, 1.54) is 0 Å². The Bertz CT molecular complexity index is 1030. The zero-order valence-corrected chi connectivity index (χ0v) is 17.1. The number of halogens is 1. The van der Waals surface area contributed by atoms with Gasteiger partial charge in [0.2, 0.25) is 0 Å². The van der Waals surface area contributed by atoms with Crippen LogP contribution in [-0.2, 0) is 11.2 Å². The number of hydrogen-bond donors (Lipinski definition) is 2. The van der Waals surface area contributed by atoms with E-state index >= 15 is 0 Å². The van der Waals surface area contributed by atoms with Crippen molar-refractivity contribution >= 4 is 40.3 Å². The van der Waals surface area contributed by atoms with E-state index in [0.717, 1.165) is 29.7 Å². The predicted molar refractivity (Wildman–Crippen MR) is 114 cm³/mol. The van der Waals surface area contributed by atoms with Gasteiger partial charge in [0.25, 0.3) is 0 Å². The molecule has 2 N–H and O–H groups in total. The van der Waals surface area contributed by atoms with Crippen molar-refractivity contribution in [3.8, 4) is 0 Å². The van der Waals surface area contributed by atoms with Gasteiger partial charge in [-0.1, -0.05) is 35.9 Å². The fraction of sp³-hybridized carbons (Fsp3) is 0.318. The van der Waals surface area contributed by atoms with E-state index in [9.17, 15) is 9.59 Å². The van der Waals surface area contributed by atoms with Gasteiger partial charge in [-0.25, -0.2) is 14.6 Å². The number of quaternary nitrogens is 1. The molecule has 1 fully saturated rings. The Kier molecular flexibility index (Phi) is 5.39. The summed E-state index contributed by atoms with van der Waals surface area (Å²) in [7, 11) is 0. The summed E-state index contributed by atoms with van der Waals surface area (Å²) in [6.07, 6.45) is 2.40. The molecule has 6 nitrogen and oxygen atoms in total. The van der Waals surface area contributed by atoms with Gasteiger partial charge in [-0.15, -0.1) is 0 Å². The zero-order chi connectivity index (χ0) is 20.4. The van der Waals surface area contributed by atoms with Crippen LogP contribution in [0.15, 0.2) is 48.5 Å². The van der Waals surface area contributed by atoms with E-state index in [-0.39, 0.29) is 28.9 Å². The van der Waals surface area contributed by atoms with Gasteiger partial charge >= 0.3 is 11.9 Å². The number of aromatic amines is 1. The molecule has 0 saturated carbocycles. The van der Waals surface area contributed by atoms with Crippen LogP contribution in [0, 0.1) is 0 Å². The molecule has 150 valence electrons. The molecule has 1 unspecified atom stereocenters. The quantitative estimate of drug-likeness (QED) is 0.599. The average Bonchev–Trinajstić information content (AvgIpc) is 3.31. The van der Waals surface area contributed by atoms with Crippen LogP contribution >= 0.6 is 11.6 Å². The number of hydrogen-bond acceptors (Lipinski definition) is 3. The molecule has 29 heavy (non-hydrogen) atoms. The lowest BCUT2D eigenvalue weighted by molar-refractivity contribution is -0.782. The number of carbonyl (C=O) groups is 2. The van der Waals surface area contributed by atoms with Gasteiger partial charge in [-0.2, -0.15) is 4.48 Å². The Balaban J connectivity index is 1.53. The zero-order valence-electron chi connectivity index (χ0n) is 16.3. The van der Waals surface area contributed by atoms with Crippen LogP contribution in [0.1, 0.15) is 32.0 Å². The topological polar surface area (TPSA) is 74.8 Å². The number of likely N-dealkylation sites (tertiary alicyclic amines) is 1. The number of aromatic nitrogens is 2. The number of H-pyrrole nitrogens is 1. The van der Waals surface area contributed by atoms with Crippen LogP contribution < -0.4 is 5.32 Å². The number of nitrogens with one attached hydrogen (secondary N) is 2. The highest BCUT2D eigenvalue weighted by Gasteiger charge is 2.52. The minimum atomic E-state index is -0.308. The van der Waals surface area contributed by atoms with Gasteiger partial charge in [0.05, 0.1) is 34.7 Å². The molecule has 0 aliphatic carbocycles. The SMILES string of the molecule is C[C@@H]1CCC[N+]1(C(=O)CCc1nc2ccccc2[nH]1)C(=O)Nc1ccccc1Cl. The fourth-order valence-corrected chi connectivity index (χ4v) is 4.37. The first-order valence-corrected chi connectivity index (χ1v) is 10.3. The maximum Gasteiger partial charge on any atom is 0.428 e. The molecule has 0 bridgehead atoms. The highest BCUT2D eigenvalue weighted by molar-refractivity contribution is 6.33. The Labute approximate surface area is 174 Å².